The number of rotatable bonds is 4. The first-order valence-corrected chi connectivity index (χ1v) is 14.8. The van der Waals surface area contributed by atoms with Gasteiger partial charge in [-0.25, -0.2) is 0 Å². The lowest BCUT2D eigenvalue weighted by molar-refractivity contribution is 0.116. The van der Waals surface area contributed by atoms with Gasteiger partial charge in [-0.3, -0.25) is 4.90 Å². The van der Waals surface area contributed by atoms with Gasteiger partial charge in [-0.1, -0.05) is 140 Å². The molecule has 0 spiro atoms. The Morgan fingerprint density at radius 3 is 1.02 bits per heavy atom. The second-order valence-electron chi connectivity index (χ2n) is 11.7. The molecule has 9 rings (SSSR count). The quantitative estimate of drug-likeness (QED) is 0.217. The summed E-state index contributed by atoms with van der Waals surface area (Å²) in [6.45, 7) is 0.806. The van der Waals surface area contributed by atoms with E-state index >= 15 is 0 Å². The van der Waals surface area contributed by atoms with Crippen molar-refractivity contribution in [3.05, 3.63) is 203 Å². The van der Waals surface area contributed by atoms with Crippen LogP contribution >= 0.6 is 0 Å². The summed E-state index contributed by atoms with van der Waals surface area (Å²) >= 11 is 0. The highest BCUT2D eigenvalue weighted by atomic mass is 15.3. The minimum atomic E-state index is -0.467. The highest BCUT2D eigenvalue weighted by Crippen LogP contribution is 2.68. The number of benzene rings is 7. The molecule has 0 saturated heterocycles. The van der Waals surface area contributed by atoms with Gasteiger partial charge in [0.1, 0.15) is 0 Å². The van der Waals surface area contributed by atoms with Crippen LogP contribution in [0.4, 0.5) is 0 Å². The maximum absolute atomic E-state index is 2.81. The maximum Gasteiger partial charge on any atom is 0.0995 e. The first-order valence-electron chi connectivity index (χ1n) is 14.8. The molecule has 7 aromatic rings. The molecule has 0 saturated carbocycles. The van der Waals surface area contributed by atoms with Crippen LogP contribution in [0.25, 0.3) is 21.5 Å². The lowest BCUT2D eigenvalue weighted by Crippen LogP contribution is -2.46. The lowest BCUT2D eigenvalue weighted by Gasteiger charge is -2.41. The summed E-state index contributed by atoms with van der Waals surface area (Å²) in [5.41, 5.74) is 8.54. The fraction of sp³-hybridized carbons (Fsp3) is 0.0732. The summed E-state index contributed by atoms with van der Waals surface area (Å²) in [6, 6.07) is 61.1. The van der Waals surface area contributed by atoms with Crippen LogP contribution in [0.3, 0.4) is 0 Å². The predicted molar refractivity (Wildman–Crippen MR) is 173 cm³/mol. The summed E-state index contributed by atoms with van der Waals surface area (Å²) in [6.07, 6.45) is 0. The molecule has 0 N–H and O–H groups in total. The molecule has 0 unspecified atom stereocenters. The van der Waals surface area contributed by atoms with E-state index in [1.165, 1.54) is 60.5 Å². The fourth-order valence-electron chi connectivity index (χ4n) is 8.10. The first-order chi connectivity index (χ1) is 20.8. The highest BCUT2D eigenvalue weighted by molar-refractivity contribution is 5.92. The largest absolute Gasteiger partial charge is 0.264 e. The van der Waals surface area contributed by atoms with Crippen LogP contribution in [0.15, 0.2) is 164 Å². The van der Waals surface area contributed by atoms with Crippen molar-refractivity contribution in [1.29, 1.82) is 0 Å². The molecule has 7 aromatic carbocycles. The van der Waals surface area contributed by atoms with Crippen molar-refractivity contribution in [3.63, 3.8) is 0 Å². The standard InChI is InChI=1S/C41H29N/c1-4-14-29(15-5-1)28-42-40(34-20-6-2-7-21-34)36-24-30-16-10-12-18-32(30)26-38(36)41(42,35-22-8-3-9-23-35)39-27-33-19-13-11-17-31(33)25-37(39)40/h1-27H,28H2. The molecule has 0 amide bonds. The zero-order valence-electron chi connectivity index (χ0n) is 23.2. The van der Waals surface area contributed by atoms with Gasteiger partial charge in [-0.05, 0) is 84.8 Å². The van der Waals surface area contributed by atoms with E-state index in [1.807, 2.05) is 0 Å². The third kappa shape index (κ3) is 2.96. The average Bonchev–Trinajstić information content (AvgIpc) is 3.45. The van der Waals surface area contributed by atoms with E-state index in [2.05, 4.69) is 169 Å². The molecule has 198 valence electrons. The minimum Gasteiger partial charge on any atom is -0.264 e. The highest BCUT2D eigenvalue weighted by Gasteiger charge is 2.67. The van der Waals surface area contributed by atoms with Gasteiger partial charge < -0.3 is 0 Å². The molecule has 2 bridgehead atoms. The van der Waals surface area contributed by atoms with Crippen molar-refractivity contribution >= 4 is 21.5 Å². The van der Waals surface area contributed by atoms with Crippen LogP contribution in [0.2, 0.25) is 0 Å². The summed E-state index contributed by atoms with van der Waals surface area (Å²) in [5.74, 6) is 0. The van der Waals surface area contributed by atoms with Crippen molar-refractivity contribution in [3.8, 4) is 0 Å². The topological polar surface area (TPSA) is 3.24 Å². The number of hydrogen-bond donors (Lipinski definition) is 0. The van der Waals surface area contributed by atoms with Gasteiger partial charge in [0.15, 0.2) is 0 Å². The fourth-order valence-corrected chi connectivity index (χ4v) is 8.10. The summed E-state index contributed by atoms with van der Waals surface area (Å²) in [5, 5.41) is 5.13. The van der Waals surface area contributed by atoms with E-state index in [-0.39, 0.29) is 0 Å². The Morgan fingerprint density at radius 2 is 0.667 bits per heavy atom. The molecule has 2 aliphatic rings. The van der Waals surface area contributed by atoms with Crippen molar-refractivity contribution in [2.45, 2.75) is 17.6 Å². The molecule has 0 aromatic heterocycles. The van der Waals surface area contributed by atoms with Crippen molar-refractivity contribution in [2.75, 3.05) is 0 Å². The summed E-state index contributed by atoms with van der Waals surface area (Å²) in [4.78, 5) is 2.81. The summed E-state index contributed by atoms with van der Waals surface area (Å²) in [7, 11) is 0. The van der Waals surface area contributed by atoms with Crippen LogP contribution in [-0.4, -0.2) is 4.90 Å². The molecule has 0 fully saturated rings. The van der Waals surface area contributed by atoms with E-state index in [0.29, 0.717) is 0 Å². The Morgan fingerprint density at radius 1 is 0.357 bits per heavy atom. The molecular weight excluding hydrogens is 506 g/mol. The SMILES string of the molecule is c1ccc(CN2C3(c4ccccc4)c4cc5ccccc5cc4C2(c2ccccc2)c2cc4ccccc4cc23)cc1. The smallest absolute Gasteiger partial charge is 0.0995 e. The Hall–Kier alpha value is -4.98. The van der Waals surface area contributed by atoms with Crippen molar-refractivity contribution in [2.24, 2.45) is 0 Å². The molecule has 1 nitrogen and oxygen atoms in total. The van der Waals surface area contributed by atoms with Crippen LogP contribution in [0, 0.1) is 0 Å². The van der Waals surface area contributed by atoms with Crippen molar-refractivity contribution < 1.29 is 0 Å². The van der Waals surface area contributed by atoms with Gasteiger partial charge in [0.05, 0.1) is 11.1 Å². The molecule has 0 aliphatic carbocycles. The molecule has 42 heavy (non-hydrogen) atoms. The monoisotopic (exact) mass is 535 g/mol. The number of fused-ring (bicyclic) bond motifs is 10. The lowest BCUT2D eigenvalue weighted by atomic mass is 9.67. The average molecular weight is 536 g/mol. The van der Waals surface area contributed by atoms with Gasteiger partial charge in [-0.2, -0.15) is 0 Å². The van der Waals surface area contributed by atoms with Crippen LogP contribution in [0.5, 0.6) is 0 Å². The van der Waals surface area contributed by atoms with E-state index in [9.17, 15) is 0 Å². The molecule has 0 radical (unpaired) electrons. The predicted octanol–water partition coefficient (Wildman–Crippen LogP) is 9.41. The normalized spacial score (nSPS) is 20.6. The minimum absolute atomic E-state index is 0.467. The first kappa shape index (κ1) is 23.7. The Labute approximate surface area is 246 Å². The summed E-state index contributed by atoms with van der Waals surface area (Å²) < 4.78 is 0. The van der Waals surface area contributed by atoms with Crippen LogP contribution < -0.4 is 0 Å². The molecular formula is C41H29N. The maximum atomic E-state index is 2.81. The number of nitrogens with zero attached hydrogens (tertiary/aromatic N) is 1. The van der Waals surface area contributed by atoms with Gasteiger partial charge in [-0.15, -0.1) is 0 Å². The second-order valence-corrected chi connectivity index (χ2v) is 11.7. The molecule has 0 atom stereocenters. The van der Waals surface area contributed by atoms with Gasteiger partial charge in [0.2, 0.25) is 0 Å². The van der Waals surface area contributed by atoms with Gasteiger partial charge >= 0.3 is 0 Å². The Bertz CT molecular complexity index is 1890. The number of hydrogen-bond acceptors (Lipinski definition) is 1. The Balaban J connectivity index is 1.51. The van der Waals surface area contributed by atoms with Gasteiger partial charge in [0, 0.05) is 6.54 Å². The zero-order valence-corrected chi connectivity index (χ0v) is 23.2. The van der Waals surface area contributed by atoms with Crippen LogP contribution in [0.1, 0.15) is 38.9 Å². The molecule has 2 aliphatic heterocycles. The van der Waals surface area contributed by atoms with E-state index in [0.717, 1.165) is 6.54 Å². The molecule has 1 heteroatoms. The second kappa shape index (κ2) is 8.76. The van der Waals surface area contributed by atoms with Crippen molar-refractivity contribution in [1.82, 2.24) is 4.90 Å². The van der Waals surface area contributed by atoms with E-state index in [1.54, 1.807) is 0 Å². The zero-order chi connectivity index (χ0) is 27.7. The van der Waals surface area contributed by atoms with Gasteiger partial charge in [0.25, 0.3) is 0 Å². The van der Waals surface area contributed by atoms with E-state index < -0.39 is 11.1 Å². The third-order valence-corrected chi connectivity index (χ3v) is 9.71. The molecule has 2 heterocycles. The van der Waals surface area contributed by atoms with E-state index in [4.69, 9.17) is 0 Å². The van der Waals surface area contributed by atoms with Crippen LogP contribution in [-0.2, 0) is 17.6 Å². The third-order valence-electron chi connectivity index (χ3n) is 9.71. The Kier molecular flexibility index (Phi) is 4.94.